The van der Waals surface area contributed by atoms with Crippen LogP contribution in [0.2, 0.25) is 0 Å². The molecular weight excluding hydrogens is 492 g/mol. The molecule has 0 aliphatic carbocycles. The fourth-order valence-corrected chi connectivity index (χ4v) is 6.04. The van der Waals surface area contributed by atoms with Crippen molar-refractivity contribution in [3.8, 4) is 17.2 Å². The first-order valence-corrected chi connectivity index (χ1v) is 13.3. The second-order valence-corrected chi connectivity index (χ2v) is 10.1. The number of rotatable bonds is 2. The van der Waals surface area contributed by atoms with Crippen LogP contribution in [0.5, 0.6) is 0 Å². The normalized spacial score (nSPS) is 12.0. The molecule has 9 rings (SSSR count). The van der Waals surface area contributed by atoms with Gasteiger partial charge in [0.1, 0.15) is 11.2 Å². The first kappa shape index (κ1) is 21.4. The Morgan fingerprint density at radius 2 is 1.30 bits per heavy atom. The van der Waals surface area contributed by atoms with Gasteiger partial charge in [-0.2, -0.15) is 0 Å². The van der Waals surface area contributed by atoms with Gasteiger partial charge < -0.3 is 4.42 Å². The van der Waals surface area contributed by atoms with Gasteiger partial charge in [-0.3, -0.25) is 4.57 Å². The van der Waals surface area contributed by atoms with Crippen LogP contribution < -0.4 is 0 Å². The van der Waals surface area contributed by atoms with Crippen LogP contribution in [0.4, 0.5) is 0 Å². The van der Waals surface area contributed by atoms with Crippen LogP contribution in [0.25, 0.3) is 82.8 Å². The summed E-state index contributed by atoms with van der Waals surface area (Å²) in [5.41, 5.74) is 5.29. The van der Waals surface area contributed by atoms with Crippen molar-refractivity contribution in [1.82, 2.24) is 19.5 Å². The standard InChI is InChI=1S/C35H20N4O/c1-2-10-22-20-30-28(19-21(22)9-1)23-11-3-5-16-29(23)39(30)35-27-15-8-18-36-33(27)37-34(38-35)26-14-7-13-25-24-12-4-6-17-31(24)40-32(25)26/h1-20H. The number of aromatic nitrogens is 4. The number of furan rings is 1. The molecule has 0 saturated carbocycles. The second kappa shape index (κ2) is 7.98. The molecule has 5 nitrogen and oxygen atoms in total. The van der Waals surface area contributed by atoms with Crippen LogP contribution in [0.3, 0.4) is 0 Å². The van der Waals surface area contributed by atoms with Crippen LogP contribution in [-0.2, 0) is 0 Å². The minimum absolute atomic E-state index is 0.581. The van der Waals surface area contributed by atoms with Gasteiger partial charge in [0.05, 0.1) is 22.0 Å². The zero-order chi connectivity index (χ0) is 26.2. The Morgan fingerprint density at radius 3 is 2.23 bits per heavy atom. The summed E-state index contributed by atoms with van der Waals surface area (Å²) in [6, 6.07) is 39.8. The minimum atomic E-state index is 0.581. The lowest BCUT2D eigenvalue weighted by Crippen LogP contribution is -2.03. The molecule has 0 spiro atoms. The second-order valence-electron chi connectivity index (χ2n) is 10.1. The average Bonchev–Trinajstić information content (AvgIpc) is 3.55. The summed E-state index contributed by atoms with van der Waals surface area (Å²) < 4.78 is 8.62. The van der Waals surface area contributed by atoms with E-state index >= 15 is 0 Å². The van der Waals surface area contributed by atoms with Gasteiger partial charge in [0.2, 0.25) is 0 Å². The van der Waals surface area contributed by atoms with E-state index in [9.17, 15) is 0 Å². The summed E-state index contributed by atoms with van der Waals surface area (Å²) in [5, 5.41) is 7.77. The van der Waals surface area contributed by atoms with Crippen LogP contribution in [0.1, 0.15) is 0 Å². The van der Waals surface area contributed by atoms with Crippen molar-refractivity contribution in [3.05, 3.63) is 121 Å². The van der Waals surface area contributed by atoms with Gasteiger partial charge in [-0.15, -0.1) is 0 Å². The van der Waals surface area contributed by atoms with E-state index in [4.69, 9.17) is 14.4 Å². The van der Waals surface area contributed by atoms with E-state index < -0.39 is 0 Å². The Labute approximate surface area is 228 Å². The number of para-hydroxylation sites is 3. The quantitative estimate of drug-likeness (QED) is 0.232. The molecular formula is C35H20N4O. The molecule has 0 atom stereocenters. The van der Waals surface area contributed by atoms with Gasteiger partial charge in [0.25, 0.3) is 0 Å². The number of benzene rings is 5. The number of pyridine rings is 1. The highest BCUT2D eigenvalue weighted by Crippen LogP contribution is 2.38. The van der Waals surface area contributed by atoms with E-state index in [1.54, 1.807) is 6.20 Å². The van der Waals surface area contributed by atoms with Crippen molar-refractivity contribution in [1.29, 1.82) is 0 Å². The van der Waals surface area contributed by atoms with Crippen molar-refractivity contribution in [2.45, 2.75) is 0 Å². The zero-order valence-electron chi connectivity index (χ0n) is 21.2. The topological polar surface area (TPSA) is 56.7 Å². The average molecular weight is 513 g/mol. The summed E-state index contributed by atoms with van der Waals surface area (Å²) in [6.07, 6.45) is 1.78. The lowest BCUT2D eigenvalue weighted by Gasteiger charge is -2.12. The van der Waals surface area contributed by atoms with E-state index in [0.29, 0.717) is 11.5 Å². The van der Waals surface area contributed by atoms with Crippen LogP contribution >= 0.6 is 0 Å². The Balaban J connectivity index is 1.42. The molecule has 0 fully saturated rings. The highest BCUT2D eigenvalue weighted by atomic mass is 16.3. The third-order valence-corrected chi connectivity index (χ3v) is 7.85. The molecule has 0 aliphatic rings. The summed E-state index contributed by atoms with van der Waals surface area (Å²) in [5.74, 6) is 1.38. The number of hydrogen-bond acceptors (Lipinski definition) is 4. The lowest BCUT2D eigenvalue weighted by atomic mass is 10.1. The van der Waals surface area contributed by atoms with Gasteiger partial charge in [0, 0.05) is 27.7 Å². The van der Waals surface area contributed by atoms with E-state index in [1.165, 1.54) is 21.5 Å². The van der Waals surface area contributed by atoms with Crippen molar-refractivity contribution in [2.24, 2.45) is 0 Å². The molecule has 5 aromatic carbocycles. The van der Waals surface area contributed by atoms with Gasteiger partial charge in [-0.05, 0) is 53.2 Å². The van der Waals surface area contributed by atoms with Crippen LogP contribution in [0, 0.1) is 0 Å². The smallest absolute Gasteiger partial charge is 0.167 e. The third-order valence-electron chi connectivity index (χ3n) is 7.85. The maximum absolute atomic E-state index is 6.36. The van der Waals surface area contributed by atoms with Gasteiger partial charge >= 0.3 is 0 Å². The molecule has 0 saturated heterocycles. The zero-order valence-corrected chi connectivity index (χ0v) is 21.2. The molecule has 4 aromatic heterocycles. The maximum atomic E-state index is 6.36. The first-order chi connectivity index (χ1) is 19.8. The molecule has 0 unspecified atom stereocenters. The summed E-state index contributed by atoms with van der Waals surface area (Å²) in [4.78, 5) is 14.9. The minimum Gasteiger partial charge on any atom is -0.455 e. The summed E-state index contributed by atoms with van der Waals surface area (Å²) in [7, 11) is 0. The van der Waals surface area contributed by atoms with Gasteiger partial charge in [0.15, 0.2) is 17.3 Å². The molecule has 5 heteroatoms. The Bertz CT molecular complexity index is 2450. The summed E-state index contributed by atoms with van der Waals surface area (Å²) >= 11 is 0. The fourth-order valence-electron chi connectivity index (χ4n) is 6.04. The molecule has 0 N–H and O–H groups in total. The monoisotopic (exact) mass is 512 g/mol. The van der Waals surface area contributed by atoms with Gasteiger partial charge in [-0.1, -0.05) is 72.8 Å². The molecule has 186 valence electrons. The van der Waals surface area contributed by atoms with Crippen molar-refractivity contribution in [3.63, 3.8) is 0 Å². The Kier molecular flexibility index (Phi) is 4.27. The fraction of sp³-hybridized carbons (Fsp3) is 0. The van der Waals surface area contributed by atoms with E-state index in [1.807, 2.05) is 42.5 Å². The molecule has 0 bridgehead atoms. The number of fused-ring (bicyclic) bond motifs is 8. The molecule has 4 heterocycles. The van der Waals surface area contributed by atoms with Gasteiger partial charge in [-0.25, -0.2) is 15.0 Å². The van der Waals surface area contributed by atoms with E-state index in [0.717, 1.165) is 49.7 Å². The molecule has 0 radical (unpaired) electrons. The highest BCUT2D eigenvalue weighted by molar-refractivity contribution is 6.14. The van der Waals surface area contributed by atoms with Crippen molar-refractivity contribution < 1.29 is 4.42 Å². The first-order valence-electron chi connectivity index (χ1n) is 13.3. The Hall–Kier alpha value is -5.55. The summed E-state index contributed by atoms with van der Waals surface area (Å²) in [6.45, 7) is 0. The lowest BCUT2D eigenvalue weighted by molar-refractivity contribution is 0.669. The molecule has 9 aromatic rings. The maximum Gasteiger partial charge on any atom is 0.167 e. The molecule has 0 amide bonds. The van der Waals surface area contributed by atoms with E-state index in [-0.39, 0.29) is 0 Å². The molecule has 0 aliphatic heterocycles. The van der Waals surface area contributed by atoms with Crippen LogP contribution in [-0.4, -0.2) is 19.5 Å². The van der Waals surface area contributed by atoms with E-state index in [2.05, 4.69) is 82.3 Å². The van der Waals surface area contributed by atoms with Crippen molar-refractivity contribution >= 4 is 65.6 Å². The largest absolute Gasteiger partial charge is 0.455 e. The number of nitrogens with zero attached hydrogens (tertiary/aromatic N) is 4. The van der Waals surface area contributed by atoms with Crippen molar-refractivity contribution in [2.75, 3.05) is 0 Å². The van der Waals surface area contributed by atoms with Crippen LogP contribution in [0.15, 0.2) is 126 Å². The predicted octanol–water partition coefficient (Wildman–Crippen LogP) is 8.84. The number of hydrogen-bond donors (Lipinski definition) is 0. The molecule has 40 heavy (non-hydrogen) atoms. The SMILES string of the molecule is c1ccc2cc3c(cc2c1)c1ccccc1n3-c1nc(-c2cccc3c2oc2ccccc23)nc2ncccc12. The highest BCUT2D eigenvalue weighted by Gasteiger charge is 2.20. The Morgan fingerprint density at radius 1 is 0.550 bits per heavy atom. The predicted molar refractivity (Wildman–Crippen MR) is 162 cm³/mol. The third kappa shape index (κ3) is 2.94.